The fourth-order valence-electron chi connectivity index (χ4n) is 2.55. The van der Waals surface area contributed by atoms with E-state index in [0.717, 1.165) is 18.9 Å². The van der Waals surface area contributed by atoms with Gasteiger partial charge in [0.25, 0.3) is 0 Å². The van der Waals surface area contributed by atoms with Gasteiger partial charge in [0.05, 0.1) is 6.20 Å². The molecule has 1 aliphatic rings. The van der Waals surface area contributed by atoms with Crippen LogP contribution in [-0.2, 0) is 0 Å². The van der Waals surface area contributed by atoms with E-state index >= 15 is 0 Å². The smallest absolute Gasteiger partial charge is 0.147 e. The number of piperidine rings is 1. The van der Waals surface area contributed by atoms with Gasteiger partial charge in [0.2, 0.25) is 0 Å². The number of rotatable bonds is 2. The molecule has 0 aliphatic carbocycles. The average molecular weight is 240 g/mol. The van der Waals surface area contributed by atoms with Gasteiger partial charge in [0, 0.05) is 43.8 Å². The first kappa shape index (κ1) is 11.1. The zero-order valence-corrected chi connectivity index (χ0v) is 10.2. The van der Waals surface area contributed by atoms with Crippen LogP contribution in [0.4, 0.5) is 5.82 Å². The van der Waals surface area contributed by atoms with Gasteiger partial charge in [0.15, 0.2) is 0 Å². The molecule has 0 radical (unpaired) electrons. The van der Waals surface area contributed by atoms with Gasteiger partial charge in [-0.15, -0.1) is 0 Å². The van der Waals surface area contributed by atoms with Crippen LogP contribution in [0.25, 0.3) is 0 Å². The van der Waals surface area contributed by atoms with Crippen LogP contribution in [0, 0.1) is 0 Å². The fourth-order valence-corrected chi connectivity index (χ4v) is 2.55. The zero-order chi connectivity index (χ0) is 12.2. The minimum absolute atomic E-state index is 0.573. The van der Waals surface area contributed by atoms with Crippen molar-refractivity contribution in [1.82, 2.24) is 15.0 Å². The summed E-state index contributed by atoms with van der Waals surface area (Å²) in [7, 11) is 0. The molecule has 4 nitrogen and oxygen atoms in total. The van der Waals surface area contributed by atoms with E-state index < -0.39 is 0 Å². The maximum Gasteiger partial charge on any atom is 0.147 e. The third-order valence-electron chi connectivity index (χ3n) is 3.47. The van der Waals surface area contributed by atoms with Crippen LogP contribution in [0.15, 0.2) is 43.1 Å². The van der Waals surface area contributed by atoms with Gasteiger partial charge in [0.1, 0.15) is 5.82 Å². The van der Waals surface area contributed by atoms with E-state index in [9.17, 15) is 0 Å². The molecule has 1 aliphatic heterocycles. The summed E-state index contributed by atoms with van der Waals surface area (Å²) in [4.78, 5) is 14.9. The lowest BCUT2D eigenvalue weighted by molar-refractivity contribution is 0.506. The van der Waals surface area contributed by atoms with E-state index in [4.69, 9.17) is 0 Å². The Hall–Kier alpha value is -1.97. The van der Waals surface area contributed by atoms with Gasteiger partial charge in [-0.2, -0.15) is 0 Å². The first-order valence-corrected chi connectivity index (χ1v) is 6.34. The molecule has 1 atom stereocenters. The highest BCUT2D eigenvalue weighted by Gasteiger charge is 2.22. The molecule has 0 spiro atoms. The van der Waals surface area contributed by atoms with Gasteiger partial charge < -0.3 is 4.90 Å². The van der Waals surface area contributed by atoms with Crippen molar-refractivity contribution in [2.75, 3.05) is 18.0 Å². The molecular formula is C14H16N4. The largest absolute Gasteiger partial charge is 0.355 e. The van der Waals surface area contributed by atoms with Crippen LogP contribution in [0.2, 0.25) is 0 Å². The summed E-state index contributed by atoms with van der Waals surface area (Å²) in [6, 6.07) is 4.23. The Morgan fingerprint density at radius 2 is 1.94 bits per heavy atom. The SMILES string of the molecule is c1cc([C@H]2CCCN(c3cnccn3)C2)ccn1. The second-order valence-corrected chi connectivity index (χ2v) is 4.63. The molecule has 0 aromatic carbocycles. The van der Waals surface area contributed by atoms with Crippen LogP contribution in [0.5, 0.6) is 0 Å². The lowest BCUT2D eigenvalue weighted by Gasteiger charge is -2.33. The molecule has 1 fully saturated rings. The molecule has 3 heterocycles. The number of aromatic nitrogens is 3. The average Bonchev–Trinajstić information content (AvgIpc) is 2.49. The van der Waals surface area contributed by atoms with Crippen LogP contribution in [-0.4, -0.2) is 28.0 Å². The van der Waals surface area contributed by atoms with Crippen LogP contribution >= 0.6 is 0 Å². The molecule has 4 heteroatoms. The molecule has 0 unspecified atom stereocenters. The molecule has 92 valence electrons. The molecule has 18 heavy (non-hydrogen) atoms. The topological polar surface area (TPSA) is 41.9 Å². The highest BCUT2D eigenvalue weighted by molar-refractivity contribution is 5.37. The summed E-state index contributed by atoms with van der Waals surface area (Å²) in [5.41, 5.74) is 1.37. The van der Waals surface area contributed by atoms with Gasteiger partial charge in [-0.05, 0) is 30.5 Å². The van der Waals surface area contributed by atoms with Crippen molar-refractivity contribution in [3.05, 3.63) is 48.7 Å². The lowest BCUT2D eigenvalue weighted by Crippen LogP contribution is -2.34. The Bertz CT molecular complexity index is 440. The van der Waals surface area contributed by atoms with E-state index in [1.807, 2.05) is 18.6 Å². The Kier molecular flexibility index (Phi) is 3.17. The van der Waals surface area contributed by atoms with E-state index in [-0.39, 0.29) is 0 Å². The molecule has 0 saturated carbocycles. The van der Waals surface area contributed by atoms with Crippen molar-refractivity contribution >= 4 is 5.82 Å². The molecule has 2 aromatic heterocycles. The number of pyridine rings is 1. The summed E-state index contributed by atoms with van der Waals surface area (Å²) in [6.07, 6.45) is 11.5. The third-order valence-corrected chi connectivity index (χ3v) is 3.47. The summed E-state index contributed by atoms with van der Waals surface area (Å²) in [6.45, 7) is 2.09. The predicted molar refractivity (Wildman–Crippen MR) is 70.5 cm³/mol. The molecule has 0 bridgehead atoms. The lowest BCUT2D eigenvalue weighted by atomic mass is 9.91. The maximum atomic E-state index is 4.38. The van der Waals surface area contributed by atoms with Crippen molar-refractivity contribution in [1.29, 1.82) is 0 Å². The Labute approximate surface area is 107 Å². The van der Waals surface area contributed by atoms with E-state index in [0.29, 0.717) is 5.92 Å². The normalized spacial score (nSPS) is 19.8. The Balaban J connectivity index is 1.77. The Morgan fingerprint density at radius 1 is 1.06 bits per heavy atom. The molecule has 1 saturated heterocycles. The van der Waals surface area contributed by atoms with Crippen molar-refractivity contribution in [3.63, 3.8) is 0 Å². The van der Waals surface area contributed by atoms with Crippen molar-refractivity contribution in [2.45, 2.75) is 18.8 Å². The minimum Gasteiger partial charge on any atom is -0.355 e. The fraction of sp³-hybridized carbons (Fsp3) is 0.357. The highest BCUT2D eigenvalue weighted by atomic mass is 15.2. The maximum absolute atomic E-state index is 4.38. The first-order chi connectivity index (χ1) is 8.93. The van der Waals surface area contributed by atoms with Gasteiger partial charge in [-0.3, -0.25) is 9.97 Å². The second kappa shape index (κ2) is 5.12. The third kappa shape index (κ3) is 2.32. The van der Waals surface area contributed by atoms with Crippen LogP contribution in [0.3, 0.4) is 0 Å². The van der Waals surface area contributed by atoms with Gasteiger partial charge >= 0.3 is 0 Å². The first-order valence-electron chi connectivity index (χ1n) is 6.34. The summed E-state index contributed by atoms with van der Waals surface area (Å²) in [5, 5.41) is 0. The van der Waals surface area contributed by atoms with E-state index in [2.05, 4.69) is 32.0 Å². The summed E-state index contributed by atoms with van der Waals surface area (Å²) < 4.78 is 0. The molecule has 2 aromatic rings. The number of nitrogens with zero attached hydrogens (tertiary/aromatic N) is 4. The number of hydrogen-bond acceptors (Lipinski definition) is 4. The quantitative estimate of drug-likeness (QED) is 0.807. The minimum atomic E-state index is 0.573. The molecule has 0 amide bonds. The molecular weight excluding hydrogens is 224 g/mol. The van der Waals surface area contributed by atoms with E-state index in [1.165, 1.54) is 18.4 Å². The molecule has 3 rings (SSSR count). The highest BCUT2D eigenvalue weighted by Crippen LogP contribution is 2.28. The summed E-state index contributed by atoms with van der Waals surface area (Å²) >= 11 is 0. The monoisotopic (exact) mass is 240 g/mol. The predicted octanol–water partition coefficient (Wildman–Crippen LogP) is 2.26. The number of hydrogen-bond donors (Lipinski definition) is 0. The van der Waals surface area contributed by atoms with E-state index in [1.54, 1.807) is 12.4 Å². The standard InChI is InChI=1S/C14H16N4/c1-2-13(12-3-5-15-6-4-12)11-18(9-1)14-10-16-7-8-17-14/h3-8,10,13H,1-2,9,11H2/t13-/m0/s1. The number of anilines is 1. The van der Waals surface area contributed by atoms with Crippen LogP contribution in [0.1, 0.15) is 24.3 Å². The van der Waals surface area contributed by atoms with Gasteiger partial charge in [-0.25, -0.2) is 4.98 Å². The van der Waals surface area contributed by atoms with Crippen LogP contribution < -0.4 is 4.90 Å². The summed E-state index contributed by atoms with van der Waals surface area (Å²) in [5.74, 6) is 1.56. The zero-order valence-electron chi connectivity index (χ0n) is 10.2. The van der Waals surface area contributed by atoms with Gasteiger partial charge in [-0.1, -0.05) is 0 Å². The van der Waals surface area contributed by atoms with Crippen molar-refractivity contribution < 1.29 is 0 Å². The van der Waals surface area contributed by atoms with Crippen molar-refractivity contribution in [2.24, 2.45) is 0 Å². The Morgan fingerprint density at radius 3 is 2.72 bits per heavy atom. The molecule has 0 N–H and O–H groups in total. The second-order valence-electron chi connectivity index (χ2n) is 4.63. The van der Waals surface area contributed by atoms with Crippen molar-refractivity contribution in [3.8, 4) is 0 Å².